The van der Waals surface area contributed by atoms with E-state index in [-0.39, 0.29) is 17.5 Å². The van der Waals surface area contributed by atoms with Gasteiger partial charge in [0.15, 0.2) is 0 Å². The van der Waals surface area contributed by atoms with Crippen molar-refractivity contribution < 1.29 is 14.5 Å². The van der Waals surface area contributed by atoms with Crippen LogP contribution < -0.4 is 10.6 Å². The number of anilines is 1. The number of amides is 2. The number of rotatable bonds is 5. The maximum absolute atomic E-state index is 12.2. The van der Waals surface area contributed by atoms with Crippen LogP contribution in [0.4, 0.5) is 11.4 Å². The molecule has 7 nitrogen and oxygen atoms in total. The van der Waals surface area contributed by atoms with Crippen LogP contribution in [0.2, 0.25) is 0 Å². The van der Waals surface area contributed by atoms with Crippen LogP contribution in [-0.2, 0) is 9.59 Å². The number of hydrogen-bond donors (Lipinski definition) is 2. The summed E-state index contributed by atoms with van der Waals surface area (Å²) in [5.74, 6) is -0.813. The summed E-state index contributed by atoms with van der Waals surface area (Å²) in [6.45, 7) is 6.56. The fourth-order valence-electron chi connectivity index (χ4n) is 1.86. The molecule has 2 amide bonds. The molecule has 0 aromatic heterocycles. The lowest BCUT2D eigenvalue weighted by atomic mass is 10.0. The van der Waals surface area contributed by atoms with Crippen LogP contribution in [-0.4, -0.2) is 22.8 Å². The average Bonchev–Trinajstić information content (AvgIpc) is 2.37. The Morgan fingerprint density at radius 3 is 2.38 bits per heavy atom. The molecule has 1 atom stereocenters. The summed E-state index contributed by atoms with van der Waals surface area (Å²) in [6, 6.07) is 3.77. The van der Waals surface area contributed by atoms with E-state index in [1.54, 1.807) is 32.9 Å². The maximum atomic E-state index is 12.2. The fraction of sp³-hybridized carbons (Fsp3) is 0.429. The molecule has 0 spiro atoms. The Hall–Kier alpha value is -2.44. The predicted octanol–water partition coefficient (Wildman–Crippen LogP) is 2.00. The number of benzene rings is 1. The van der Waals surface area contributed by atoms with Crippen molar-refractivity contribution >= 4 is 23.2 Å². The molecule has 7 heteroatoms. The summed E-state index contributed by atoms with van der Waals surface area (Å²) in [6.07, 6.45) is 0. The maximum Gasteiger partial charge on any atom is 0.274 e. The van der Waals surface area contributed by atoms with Gasteiger partial charge < -0.3 is 10.6 Å². The molecule has 1 unspecified atom stereocenters. The van der Waals surface area contributed by atoms with E-state index < -0.39 is 16.9 Å². The van der Waals surface area contributed by atoms with Crippen molar-refractivity contribution in [3.8, 4) is 0 Å². The summed E-state index contributed by atoms with van der Waals surface area (Å²) < 4.78 is 0. The van der Waals surface area contributed by atoms with Crippen LogP contribution in [0.1, 0.15) is 26.3 Å². The second kappa shape index (κ2) is 6.83. The molecule has 1 aromatic carbocycles. The molecular formula is C14H19N3O4. The first kappa shape index (κ1) is 16.6. The topological polar surface area (TPSA) is 101 Å². The van der Waals surface area contributed by atoms with E-state index in [0.29, 0.717) is 11.3 Å². The van der Waals surface area contributed by atoms with Crippen molar-refractivity contribution in [2.75, 3.05) is 5.32 Å². The van der Waals surface area contributed by atoms with Gasteiger partial charge in [-0.05, 0) is 18.9 Å². The molecule has 114 valence electrons. The van der Waals surface area contributed by atoms with Crippen LogP contribution in [0, 0.1) is 23.0 Å². The van der Waals surface area contributed by atoms with E-state index >= 15 is 0 Å². The third-order valence-corrected chi connectivity index (χ3v) is 2.98. The number of carbonyl (C=O) groups excluding carboxylic acids is 2. The Kier molecular flexibility index (Phi) is 5.40. The zero-order chi connectivity index (χ0) is 16.2. The van der Waals surface area contributed by atoms with Crippen molar-refractivity contribution in [1.82, 2.24) is 5.32 Å². The average molecular weight is 293 g/mol. The highest BCUT2D eigenvalue weighted by atomic mass is 16.6. The zero-order valence-corrected chi connectivity index (χ0v) is 12.5. The van der Waals surface area contributed by atoms with Crippen LogP contribution in [0.3, 0.4) is 0 Å². The number of carbonyl (C=O) groups is 2. The van der Waals surface area contributed by atoms with Crippen molar-refractivity contribution in [1.29, 1.82) is 0 Å². The van der Waals surface area contributed by atoms with Gasteiger partial charge in [0.1, 0.15) is 6.04 Å². The molecule has 21 heavy (non-hydrogen) atoms. The normalized spacial score (nSPS) is 11.9. The summed E-state index contributed by atoms with van der Waals surface area (Å²) in [4.78, 5) is 33.7. The molecule has 2 N–H and O–H groups in total. The Balaban J connectivity index is 2.93. The SMILES string of the molecule is CC(=O)NC(C(=O)Nc1ccc(C)c([N+](=O)[O-])c1)C(C)C. The molecule has 1 aromatic rings. The third kappa shape index (κ3) is 4.55. The van der Waals surface area contributed by atoms with Gasteiger partial charge in [0.2, 0.25) is 11.8 Å². The number of nitro benzene ring substituents is 1. The molecule has 0 saturated heterocycles. The van der Waals surface area contributed by atoms with Gasteiger partial charge in [0.05, 0.1) is 4.92 Å². The third-order valence-electron chi connectivity index (χ3n) is 2.98. The molecule has 0 fully saturated rings. The molecule has 0 aliphatic rings. The van der Waals surface area contributed by atoms with Crippen LogP contribution in [0.5, 0.6) is 0 Å². The highest BCUT2D eigenvalue weighted by Crippen LogP contribution is 2.22. The lowest BCUT2D eigenvalue weighted by Gasteiger charge is -2.20. The quantitative estimate of drug-likeness (QED) is 0.640. The van der Waals surface area contributed by atoms with Gasteiger partial charge in [-0.1, -0.05) is 19.9 Å². The molecule has 0 aliphatic carbocycles. The molecule has 0 heterocycles. The van der Waals surface area contributed by atoms with E-state index in [1.807, 2.05) is 0 Å². The number of nitrogens with zero attached hydrogens (tertiary/aromatic N) is 1. The van der Waals surface area contributed by atoms with Crippen LogP contribution in [0.25, 0.3) is 0 Å². The number of nitro groups is 1. The van der Waals surface area contributed by atoms with Crippen LogP contribution in [0.15, 0.2) is 18.2 Å². The van der Waals surface area contributed by atoms with E-state index in [0.717, 1.165) is 0 Å². The summed E-state index contributed by atoms with van der Waals surface area (Å²) in [7, 11) is 0. The first-order valence-electron chi connectivity index (χ1n) is 6.55. The van der Waals surface area contributed by atoms with Crippen molar-refractivity contribution in [2.24, 2.45) is 5.92 Å². The van der Waals surface area contributed by atoms with Gasteiger partial charge in [-0.3, -0.25) is 19.7 Å². The second-order valence-electron chi connectivity index (χ2n) is 5.17. The predicted molar refractivity (Wildman–Crippen MR) is 78.9 cm³/mol. The number of hydrogen-bond acceptors (Lipinski definition) is 4. The Morgan fingerprint density at radius 2 is 1.90 bits per heavy atom. The van der Waals surface area contributed by atoms with E-state index in [1.165, 1.54) is 13.0 Å². The smallest absolute Gasteiger partial charge is 0.274 e. The molecule has 0 saturated carbocycles. The number of nitrogens with one attached hydrogen (secondary N) is 2. The molecule has 0 radical (unpaired) electrons. The molecular weight excluding hydrogens is 274 g/mol. The standard InChI is InChI=1S/C14H19N3O4/c1-8(2)13(15-10(4)18)14(19)16-11-6-5-9(3)12(7-11)17(20)21/h5-8,13H,1-4H3,(H,15,18)(H,16,19). The summed E-state index contributed by atoms with van der Waals surface area (Å²) >= 11 is 0. The molecule has 1 rings (SSSR count). The lowest BCUT2D eigenvalue weighted by molar-refractivity contribution is -0.385. The minimum atomic E-state index is -0.692. The van der Waals surface area contributed by atoms with Gasteiger partial charge in [-0.25, -0.2) is 0 Å². The van der Waals surface area contributed by atoms with Crippen molar-refractivity contribution in [3.63, 3.8) is 0 Å². The largest absolute Gasteiger partial charge is 0.344 e. The van der Waals surface area contributed by atoms with Crippen LogP contribution >= 0.6 is 0 Å². The summed E-state index contributed by atoms with van der Waals surface area (Å²) in [5, 5.41) is 16.0. The second-order valence-corrected chi connectivity index (χ2v) is 5.17. The van der Waals surface area contributed by atoms with Gasteiger partial charge >= 0.3 is 0 Å². The Bertz CT molecular complexity index is 569. The van der Waals surface area contributed by atoms with Gasteiger partial charge in [-0.15, -0.1) is 0 Å². The van der Waals surface area contributed by atoms with E-state index in [2.05, 4.69) is 10.6 Å². The van der Waals surface area contributed by atoms with Gasteiger partial charge in [0.25, 0.3) is 5.69 Å². The molecule has 0 aliphatic heterocycles. The van der Waals surface area contributed by atoms with Crippen molar-refractivity contribution in [3.05, 3.63) is 33.9 Å². The summed E-state index contributed by atoms with van der Waals surface area (Å²) in [5.41, 5.74) is 0.780. The van der Waals surface area contributed by atoms with Gasteiger partial charge in [0, 0.05) is 24.2 Å². The van der Waals surface area contributed by atoms with E-state index in [9.17, 15) is 19.7 Å². The Morgan fingerprint density at radius 1 is 1.29 bits per heavy atom. The molecule has 0 bridgehead atoms. The minimum Gasteiger partial charge on any atom is -0.344 e. The first-order chi connectivity index (χ1) is 9.72. The van der Waals surface area contributed by atoms with Crippen molar-refractivity contribution in [2.45, 2.75) is 33.7 Å². The first-order valence-corrected chi connectivity index (χ1v) is 6.55. The fourth-order valence-corrected chi connectivity index (χ4v) is 1.86. The number of aryl methyl sites for hydroxylation is 1. The van der Waals surface area contributed by atoms with Gasteiger partial charge in [-0.2, -0.15) is 0 Å². The Labute approximate surface area is 122 Å². The minimum absolute atomic E-state index is 0.0616. The monoisotopic (exact) mass is 293 g/mol. The highest BCUT2D eigenvalue weighted by molar-refractivity contribution is 5.97. The lowest BCUT2D eigenvalue weighted by Crippen LogP contribution is -2.46. The highest BCUT2D eigenvalue weighted by Gasteiger charge is 2.23. The zero-order valence-electron chi connectivity index (χ0n) is 12.5. The van der Waals surface area contributed by atoms with E-state index in [4.69, 9.17) is 0 Å².